The lowest BCUT2D eigenvalue weighted by Gasteiger charge is -2.36. The first-order valence-corrected chi connectivity index (χ1v) is 8.12. The molecule has 0 radical (unpaired) electrons. The van der Waals surface area contributed by atoms with E-state index in [0.717, 1.165) is 28.9 Å². The maximum atomic E-state index is 12.6. The Morgan fingerprint density at radius 3 is 2.91 bits per heavy atom. The predicted molar refractivity (Wildman–Crippen MR) is 88.3 cm³/mol. The molecule has 1 aliphatic heterocycles. The summed E-state index contributed by atoms with van der Waals surface area (Å²) in [5, 5.41) is 16.5. The number of rotatable bonds is 3. The van der Waals surface area contributed by atoms with Crippen LogP contribution < -0.4 is 5.32 Å². The molecule has 6 nitrogen and oxygen atoms in total. The van der Waals surface area contributed by atoms with E-state index in [2.05, 4.69) is 22.7 Å². The van der Waals surface area contributed by atoms with E-state index in [1.54, 1.807) is 7.05 Å². The van der Waals surface area contributed by atoms with Crippen LogP contribution in [-0.4, -0.2) is 39.6 Å². The van der Waals surface area contributed by atoms with E-state index < -0.39 is 0 Å². The van der Waals surface area contributed by atoms with Gasteiger partial charge in [0.15, 0.2) is 5.96 Å². The Bertz CT molecular complexity index is 791. The molecule has 2 heterocycles. The van der Waals surface area contributed by atoms with Gasteiger partial charge < -0.3 is 5.32 Å². The molecule has 0 bridgehead atoms. The van der Waals surface area contributed by atoms with Gasteiger partial charge >= 0.3 is 0 Å². The van der Waals surface area contributed by atoms with Crippen molar-refractivity contribution in [2.45, 2.75) is 38.3 Å². The molecule has 4 rings (SSSR count). The molecule has 2 atom stereocenters. The van der Waals surface area contributed by atoms with Gasteiger partial charge in [-0.25, -0.2) is 0 Å². The molecule has 0 unspecified atom stereocenters. The summed E-state index contributed by atoms with van der Waals surface area (Å²) < 4.78 is 2.03. The second-order valence-corrected chi connectivity index (χ2v) is 6.77. The maximum absolute atomic E-state index is 12.6. The third-order valence-electron chi connectivity index (χ3n) is 4.87. The zero-order valence-electron chi connectivity index (χ0n) is 13.4. The van der Waals surface area contributed by atoms with Crippen LogP contribution >= 0.6 is 0 Å². The van der Waals surface area contributed by atoms with E-state index in [4.69, 9.17) is 5.41 Å². The number of amides is 1. The van der Waals surface area contributed by atoms with E-state index in [-0.39, 0.29) is 23.8 Å². The minimum Gasteiger partial charge on any atom is -0.352 e. The van der Waals surface area contributed by atoms with Crippen LogP contribution in [0.4, 0.5) is 0 Å². The van der Waals surface area contributed by atoms with Gasteiger partial charge in [-0.15, -0.1) is 0 Å². The number of nitrogens with one attached hydrogen (secondary N) is 2. The first-order valence-electron chi connectivity index (χ1n) is 8.12. The molecule has 1 aliphatic carbocycles. The average molecular weight is 311 g/mol. The lowest BCUT2D eigenvalue weighted by Crippen LogP contribution is -2.56. The smallest absolute Gasteiger partial charge is 0.238 e. The third-order valence-corrected chi connectivity index (χ3v) is 4.87. The van der Waals surface area contributed by atoms with Crippen LogP contribution in [0.25, 0.3) is 10.9 Å². The van der Waals surface area contributed by atoms with E-state index in [1.165, 1.54) is 17.7 Å². The number of aromatic nitrogens is 2. The molecule has 1 amide bonds. The van der Waals surface area contributed by atoms with Crippen LogP contribution in [-0.2, 0) is 11.3 Å². The molecule has 2 fully saturated rings. The predicted octanol–water partition coefficient (Wildman–Crippen LogP) is 1.91. The average Bonchev–Trinajstić information content (AvgIpc) is 3.22. The number of fused-ring (bicyclic) bond motifs is 1. The van der Waals surface area contributed by atoms with Gasteiger partial charge in [0, 0.05) is 31.2 Å². The molecule has 0 spiro atoms. The van der Waals surface area contributed by atoms with Gasteiger partial charge in [0.05, 0.1) is 11.4 Å². The van der Waals surface area contributed by atoms with Gasteiger partial charge in [0.2, 0.25) is 5.91 Å². The number of carbonyl (C=O) groups excluding carboxylic acids is 1. The highest BCUT2D eigenvalue weighted by Crippen LogP contribution is 2.31. The molecule has 2 aromatic rings. The first kappa shape index (κ1) is 14.2. The summed E-state index contributed by atoms with van der Waals surface area (Å²) in [5.74, 6) is 0.640. The van der Waals surface area contributed by atoms with Crippen molar-refractivity contribution in [3.05, 3.63) is 30.0 Å². The highest BCUT2D eigenvalue weighted by atomic mass is 16.2. The van der Waals surface area contributed by atoms with Gasteiger partial charge in [-0.3, -0.25) is 19.8 Å². The molecular formula is C17H21N5O. The Balaban J connectivity index is 1.67. The number of carbonyl (C=O) groups is 1. The minimum atomic E-state index is -0.273. The van der Waals surface area contributed by atoms with Gasteiger partial charge in [0.25, 0.3) is 0 Å². The van der Waals surface area contributed by atoms with Gasteiger partial charge in [-0.05, 0) is 43.4 Å². The molecule has 2 N–H and O–H groups in total. The van der Waals surface area contributed by atoms with Crippen molar-refractivity contribution in [3.63, 3.8) is 0 Å². The van der Waals surface area contributed by atoms with Crippen molar-refractivity contribution < 1.29 is 4.79 Å². The normalized spacial score (nSPS) is 25.0. The third kappa shape index (κ3) is 2.48. The Hall–Kier alpha value is -2.37. The Kier molecular flexibility index (Phi) is 3.14. The lowest BCUT2D eigenvalue weighted by molar-refractivity contribution is -0.129. The van der Waals surface area contributed by atoms with Crippen LogP contribution in [0.5, 0.6) is 0 Å². The number of likely N-dealkylation sites (N-methyl/N-ethyl adjacent to an activating group) is 1. The van der Waals surface area contributed by atoms with E-state index in [9.17, 15) is 4.79 Å². The molecule has 23 heavy (non-hydrogen) atoms. The zero-order chi connectivity index (χ0) is 16.1. The number of hydrogen-bond acceptors (Lipinski definition) is 3. The van der Waals surface area contributed by atoms with Crippen LogP contribution in [0.3, 0.4) is 0 Å². The van der Waals surface area contributed by atoms with Crippen LogP contribution in [0.1, 0.15) is 31.2 Å². The van der Waals surface area contributed by atoms with Crippen molar-refractivity contribution in [2.75, 3.05) is 7.05 Å². The van der Waals surface area contributed by atoms with Gasteiger partial charge in [-0.1, -0.05) is 6.07 Å². The van der Waals surface area contributed by atoms with Crippen molar-refractivity contribution in [2.24, 2.45) is 5.92 Å². The molecule has 1 saturated carbocycles. The fourth-order valence-electron chi connectivity index (χ4n) is 3.31. The summed E-state index contributed by atoms with van der Waals surface area (Å²) in [5.41, 5.74) is 1.95. The van der Waals surface area contributed by atoms with Crippen LogP contribution in [0.2, 0.25) is 0 Å². The van der Waals surface area contributed by atoms with Crippen LogP contribution in [0, 0.1) is 11.3 Å². The zero-order valence-corrected chi connectivity index (χ0v) is 13.4. The SMILES string of the molecule is C[C@@H]1NC(=N)N(C)C(=O)[C@@H]1c1ccc2nn(CC3CC3)cc2c1. The minimum absolute atomic E-state index is 0.0361. The van der Waals surface area contributed by atoms with E-state index in [0.29, 0.717) is 0 Å². The fourth-order valence-corrected chi connectivity index (χ4v) is 3.31. The molecule has 1 aromatic carbocycles. The largest absolute Gasteiger partial charge is 0.352 e. The van der Waals surface area contributed by atoms with Gasteiger partial charge in [-0.2, -0.15) is 5.10 Å². The molecule has 1 saturated heterocycles. The maximum Gasteiger partial charge on any atom is 0.238 e. The van der Waals surface area contributed by atoms with Crippen LogP contribution in [0.15, 0.2) is 24.4 Å². The Labute approximate surface area is 135 Å². The second kappa shape index (κ2) is 5.08. The highest BCUT2D eigenvalue weighted by molar-refractivity contribution is 6.02. The van der Waals surface area contributed by atoms with Gasteiger partial charge in [0.1, 0.15) is 0 Å². The standard InChI is InChI=1S/C17H21N5O/c1-10-15(16(23)21(2)17(18)19-10)12-5-6-14-13(7-12)9-22(20-14)8-11-3-4-11/h5-7,9-11,15H,3-4,8H2,1-2H3,(H2,18,19)/t10-,15-/m0/s1. The van der Waals surface area contributed by atoms with E-state index in [1.807, 2.05) is 23.7 Å². The number of nitrogens with zero attached hydrogens (tertiary/aromatic N) is 3. The molecular weight excluding hydrogens is 290 g/mol. The summed E-state index contributed by atoms with van der Waals surface area (Å²) in [6.07, 6.45) is 4.69. The fraction of sp³-hybridized carbons (Fsp3) is 0.471. The monoisotopic (exact) mass is 311 g/mol. The summed E-state index contributed by atoms with van der Waals surface area (Å²) in [6.45, 7) is 2.94. The topological polar surface area (TPSA) is 74.0 Å². The summed E-state index contributed by atoms with van der Waals surface area (Å²) in [7, 11) is 1.64. The summed E-state index contributed by atoms with van der Waals surface area (Å²) >= 11 is 0. The number of benzene rings is 1. The van der Waals surface area contributed by atoms with Crippen molar-refractivity contribution in [1.82, 2.24) is 20.0 Å². The summed E-state index contributed by atoms with van der Waals surface area (Å²) in [4.78, 5) is 13.9. The number of guanidine groups is 1. The summed E-state index contributed by atoms with van der Waals surface area (Å²) in [6, 6.07) is 5.95. The second-order valence-electron chi connectivity index (χ2n) is 6.77. The Morgan fingerprint density at radius 2 is 2.17 bits per heavy atom. The number of hydrogen-bond donors (Lipinski definition) is 2. The molecule has 2 aliphatic rings. The van der Waals surface area contributed by atoms with Crippen molar-refractivity contribution >= 4 is 22.8 Å². The molecule has 120 valence electrons. The van der Waals surface area contributed by atoms with Crippen molar-refractivity contribution in [1.29, 1.82) is 5.41 Å². The lowest BCUT2D eigenvalue weighted by atomic mass is 9.89. The molecule has 1 aromatic heterocycles. The highest BCUT2D eigenvalue weighted by Gasteiger charge is 2.36. The van der Waals surface area contributed by atoms with E-state index >= 15 is 0 Å². The molecule has 6 heteroatoms. The first-order chi connectivity index (χ1) is 11.0. The van der Waals surface area contributed by atoms with Crippen molar-refractivity contribution in [3.8, 4) is 0 Å². The Morgan fingerprint density at radius 1 is 1.39 bits per heavy atom. The quantitative estimate of drug-likeness (QED) is 0.909.